The minimum absolute atomic E-state index is 0.0102. The number of benzene rings is 1. The molecule has 2 N–H and O–H groups in total. The Labute approximate surface area is 171 Å². The fraction of sp³-hybridized carbons (Fsp3) is 0.550. The predicted molar refractivity (Wildman–Crippen MR) is 96.8 cm³/mol. The third-order valence-corrected chi connectivity index (χ3v) is 6.44. The van der Waals surface area contributed by atoms with Crippen LogP contribution in [0.15, 0.2) is 12.1 Å². The Bertz CT molecular complexity index is 962. The van der Waals surface area contributed by atoms with Crippen LogP contribution in [-0.2, 0) is 19.1 Å². The van der Waals surface area contributed by atoms with Crippen LogP contribution in [0.1, 0.15) is 42.1 Å². The highest BCUT2D eigenvalue weighted by Crippen LogP contribution is 2.54. The Morgan fingerprint density at radius 2 is 1.77 bits per heavy atom. The molecule has 6 atom stereocenters. The molecule has 160 valence electrons. The normalized spacial score (nSPS) is 35.5. The van der Waals surface area contributed by atoms with Crippen molar-refractivity contribution in [2.75, 3.05) is 13.3 Å². The number of amides is 1. The molecule has 3 aliphatic heterocycles. The number of carbonyl (C=O) groups excluding carboxylic acids is 3. The van der Waals surface area contributed by atoms with Gasteiger partial charge in [0.15, 0.2) is 23.7 Å². The Hall–Kier alpha value is -2.85. The minimum atomic E-state index is -1.73. The number of hydrogen-bond donors (Lipinski definition) is 2. The van der Waals surface area contributed by atoms with Gasteiger partial charge in [-0.3, -0.25) is 14.4 Å². The number of ether oxygens (including phenoxy) is 4. The molecule has 0 spiro atoms. The van der Waals surface area contributed by atoms with E-state index in [1.165, 1.54) is 18.7 Å². The molecule has 3 heterocycles. The number of esters is 2. The zero-order valence-electron chi connectivity index (χ0n) is 16.4. The van der Waals surface area contributed by atoms with Gasteiger partial charge in [-0.2, -0.15) is 0 Å². The summed E-state index contributed by atoms with van der Waals surface area (Å²) in [7, 11) is 0. The van der Waals surface area contributed by atoms with Gasteiger partial charge in [0, 0.05) is 31.9 Å². The van der Waals surface area contributed by atoms with Crippen molar-refractivity contribution >= 4 is 17.8 Å². The molecule has 10 nitrogen and oxygen atoms in total. The summed E-state index contributed by atoms with van der Waals surface area (Å²) >= 11 is 0. The number of nitrogens with zero attached hydrogens (tertiary/aromatic N) is 1. The van der Waals surface area contributed by atoms with E-state index in [4.69, 9.17) is 18.9 Å². The average Bonchev–Trinajstić information content (AvgIpc) is 3.28. The van der Waals surface area contributed by atoms with Gasteiger partial charge in [0.2, 0.25) is 6.79 Å². The lowest BCUT2D eigenvalue weighted by atomic mass is 9.64. The molecule has 1 saturated heterocycles. The molecule has 4 aliphatic rings. The van der Waals surface area contributed by atoms with Gasteiger partial charge in [0.05, 0.1) is 6.04 Å². The predicted octanol–water partition coefficient (Wildman–Crippen LogP) is -0.304. The molecule has 0 aromatic heterocycles. The third-order valence-electron chi connectivity index (χ3n) is 6.44. The molecule has 1 amide bonds. The summed E-state index contributed by atoms with van der Waals surface area (Å²) in [6, 6.07) is 2.35. The van der Waals surface area contributed by atoms with Crippen LogP contribution in [0.4, 0.5) is 0 Å². The molecule has 2 fully saturated rings. The van der Waals surface area contributed by atoms with Crippen LogP contribution >= 0.6 is 0 Å². The van der Waals surface area contributed by atoms with E-state index >= 15 is 0 Å². The highest BCUT2D eigenvalue weighted by atomic mass is 16.7. The van der Waals surface area contributed by atoms with Crippen molar-refractivity contribution < 1.29 is 43.5 Å². The molecule has 1 aliphatic carbocycles. The lowest BCUT2D eigenvalue weighted by Gasteiger charge is -2.53. The Morgan fingerprint density at radius 3 is 2.43 bits per heavy atom. The smallest absolute Gasteiger partial charge is 0.303 e. The summed E-state index contributed by atoms with van der Waals surface area (Å²) < 4.78 is 21.7. The maximum absolute atomic E-state index is 13.2. The van der Waals surface area contributed by atoms with E-state index in [0.717, 1.165) is 0 Å². The van der Waals surface area contributed by atoms with Gasteiger partial charge in [0.1, 0.15) is 11.7 Å². The maximum Gasteiger partial charge on any atom is 0.303 e. The van der Waals surface area contributed by atoms with Gasteiger partial charge in [-0.15, -0.1) is 0 Å². The van der Waals surface area contributed by atoms with E-state index in [-0.39, 0.29) is 25.7 Å². The Kier molecular flexibility index (Phi) is 4.03. The summed E-state index contributed by atoms with van der Waals surface area (Å²) in [4.78, 5) is 38.4. The van der Waals surface area contributed by atoms with Crippen LogP contribution in [-0.4, -0.2) is 76.3 Å². The van der Waals surface area contributed by atoms with Crippen LogP contribution in [0, 0.1) is 0 Å². The number of fused-ring (bicyclic) bond motifs is 3. The SMILES string of the molecule is CC(=O)O[C@@H]1[C@@H](OC(C)=O)[C@H](O)[C@@]2(O)CCN3C(=O)c4cc5c(cc4[C@H]1[C@H]32)OCO5. The van der Waals surface area contributed by atoms with E-state index in [2.05, 4.69) is 0 Å². The van der Waals surface area contributed by atoms with Gasteiger partial charge in [-0.05, 0) is 24.1 Å². The standard InChI is InChI=1S/C20H21NO9/c1-8(22)29-15-14-10-5-12-13(28-7-27-12)6-11(10)19(25)21-4-3-20(26,17(14)21)18(24)16(15)30-9(2)23/h5-6,14-18,24,26H,3-4,7H2,1-2H3/t14-,15+,16-,17+,18+,20-/m1/s1. The molecule has 1 aromatic rings. The molecule has 0 unspecified atom stereocenters. The van der Waals surface area contributed by atoms with Gasteiger partial charge in [-0.25, -0.2) is 0 Å². The number of aliphatic hydroxyl groups is 2. The highest BCUT2D eigenvalue weighted by Gasteiger charge is 2.68. The first-order valence-corrected chi connectivity index (χ1v) is 9.72. The fourth-order valence-electron chi connectivity index (χ4n) is 5.34. The van der Waals surface area contributed by atoms with Crippen molar-refractivity contribution in [3.05, 3.63) is 23.3 Å². The van der Waals surface area contributed by atoms with Gasteiger partial charge < -0.3 is 34.1 Å². The van der Waals surface area contributed by atoms with E-state index in [9.17, 15) is 24.6 Å². The molecule has 0 radical (unpaired) electrons. The maximum atomic E-state index is 13.2. The van der Waals surface area contributed by atoms with Crippen molar-refractivity contribution in [3.8, 4) is 11.5 Å². The number of rotatable bonds is 2. The fourth-order valence-corrected chi connectivity index (χ4v) is 5.34. The first-order valence-electron chi connectivity index (χ1n) is 9.72. The van der Waals surface area contributed by atoms with E-state index in [1.807, 2.05) is 0 Å². The molecule has 5 rings (SSSR count). The van der Waals surface area contributed by atoms with Crippen molar-refractivity contribution in [1.29, 1.82) is 0 Å². The second-order valence-corrected chi connectivity index (χ2v) is 8.10. The first-order chi connectivity index (χ1) is 14.2. The zero-order chi connectivity index (χ0) is 21.4. The highest BCUT2D eigenvalue weighted by molar-refractivity contribution is 5.99. The molecule has 30 heavy (non-hydrogen) atoms. The molecule has 0 bridgehead atoms. The van der Waals surface area contributed by atoms with Gasteiger partial charge in [0.25, 0.3) is 5.91 Å². The monoisotopic (exact) mass is 419 g/mol. The summed E-state index contributed by atoms with van der Waals surface area (Å²) in [5.41, 5.74) is -0.911. The topological polar surface area (TPSA) is 132 Å². The summed E-state index contributed by atoms with van der Waals surface area (Å²) in [6.07, 6.45) is -3.87. The molecular formula is C20H21NO9. The number of aliphatic hydroxyl groups excluding tert-OH is 1. The average molecular weight is 419 g/mol. The Balaban J connectivity index is 1.72. The summed E-state index contributed by atoms with van der Waals surface area (Å²) in [5.74, 6) is -1.54. The largest absolute Gasteiger partial charge is 0.458 e. The summed E-state index contributed by atoms with van der Waals surface area (Å²) in [6.45, 7) is 2.58. The van der Waals surface area contributed by atoms with Crippen LogP contribution < -0.4 is 9.47 Å². The van der Waals surface area contributed by atoms with Crippen LogP contribution in [0.25, 0.3) is 0 Å². The lowest BCUT2D eigenvalue weighted by Crippen LogP contribution is -2.71. The van der Waals surface area contributed by atoms with E-state index in [0.29, 0.717) is 22.6 Å². The second kappa shape index (κ2) is 6.32. The van der Waals surface area contributed by atoms with Gasteiger partial charge >= 0.3 is 11.9 Å². The van der Waals surface area contributed by atoms with Crippen molar-refractivity contribution in [2.45, 2.75) is 56.1 Å². The molecular weight excluding hydrogens is 398 g/mol. The number of carbonyl (C=O) groups is 3. The van der Waals surface area contributed by atoms with Gasteiger partial charge in [-0.1, -0.05) is 0 Å². The van der Waals surface area contributed by atoms with E-state index in [1.54, 1.807) is 12.1 Å². The molecule has 1 aromatic carbocycles. The second-order valence-electron chi connectivity index (χ2n) is 8.10. The van der Waals surface area contributed by atoms with Crippen molar-refractivity contribution in [3.63, 3.8) is 0 Å². The van der Waals surface area contributed by atoms with Crippen LogP contribution in [0.3, 0.4) is 0 Å². The molecule has 1 saturated carbocycles. The first kappa shape index (κ1) is 19.1. The lowest BCUT2D eigenvalue weighted by molar-refractivity contribution is -0.225. The molecule has 10 heteroatoms. The van der Waals surface area contributed by atoms with Crippen molar-refractivity contribution in [2.24, 2.45) is 0 Å². The van der Waals surface area contributed by atoms with E-state index < -0.39 is 47.8 Å². The zero-order valence-corrected chi connectivity index (χ0v) is 16.4. The quantitative estimate of drug-likeness (QED) is 0.620. The van der Waals surface area contributed by atoms with Crippen LogP contribution in [0.2, 0.25) is 0 Å². The van der Waals surface area contributed by atoms with Crippen molar-refractivity contribution in [1.82, 2.24) is 4.90 Å². The van der Waals surface area contributed by atoms with Crippen LogP contribution in [0.5, 0.6) is 11.5 Å². The Morgan fingerprint density at radius 1 is 1.13 bits per heavy atom. The summed E-state index contributed by atoms with van der Waals surface area (Å²) in [5, 5.41) is 22.4. The number of hydrogen-bond acceptors (Lipinski definition) is 9. The third kappa shape index (κ3) is 2.46. The minimum Gasteiger partial charge on any atom is -0.458 e.